The number of hydrogen-bond donors (Lipinski definition) is 2. The van der Waals surface area contributed by atoms with E-state index in [-0.39, 0.29) is 12.5 Å². The molecule has 5 heteroatoms. The van der Waals surface area contributed by atoms with Gasteiger partial charge in [0.15, 0.2) is 0 Å². The van der Waals surface area contributed by atoms with Crippen LogP contribution in [0.15, 0.2) is 48.5 Å². The molecule has 27 heavy (non-hydrogen) atoms. The van der Waals surface area contributed by atoms with E-state index < -0.39 is 0 Å². The number of nitrogens with one attached hydrogen (secondary N) is 2. The van der Waals surface area contributed by atoms with E-state index in [1.165, 1.54) is 0 Å². The molecule has 0 heterocycles. The highest BCUT2D eigenvalue weighted by Crippen LogP contribution is 2.19. The van der Waals surface area contributed by atoms with Crippen molar-refractivity contribution < 1.29 is 14.3 Å². The number of hydrogen-bond acceptors (Lipinski definition) is 4. The van der Waals surface area contributed by atoms with Gasteiger partial charge in [-0.2, -0.15) is 0 Å². The molecule has 1 amide bonds. The van der Waals surface area contributed by atoms with Gasteiger partial charge in [0, 0.05) is 23.5 Å². The predicted molar refractivity (Wildman–Crippen MR) is 111 cm³/mol. The van der Waals surface area contributed by atoms with Gasteiger partial charge in [0.1, 0.15) is 11.5 Å². The van der Waals surface area contributed by atoms with Crippen LogP contribution >= 0.6 is 0 Å². The summed E-state index contributed by atoms with van der Waals surface area (Å²) >= 11 is 0. The maximum Gasteiger partial charge on any atom is 0.243 e. The lowest BCUT2D eigenvalue weighted by molar-refractivity contribution is -0.114. The van der Waals surface area contributed by atoms with Gasteiger partial charge in [-0.1, -0.05) is 39.3 Å². The number of amides is 1. The number of rotatable bonds is 11. The molecule has 2 N–H and O–H groups in total. The van der Waals surface area contributed by atoms with E-state index in [9.17, 15) is 4.79 Å². The highest BCUT2D eigenvalue weighted by molar-refractivity contribution is 5.93. The molecule has 0 aliphatic heterocycles. The van der Waals surface area contributed by atoms with Gasteiger partial charge in [0.05, 0.1) is 19.8 Å². The smallest absolute Gasteiger partial charge is 0.243 e. The maximum absolute atomic E-state index is 12.2. The molecule has 146 valence electrons. The summed E-state index contributed by atoms with van der Waals surface area (Å²) in [5, 5.41) is 6.01. The van der Waals surface area contributed by atoms with Gasteiger partial charge in [-0.05, 0) is 36.6 Å². The normalized spacial score (nSPS) is 10.5. The standard InChI is InChI=1S/C22H30N2O3/c1-4-5-12-26-20-10-6-8-18(13-20)23-15-22(25)24-19-9-7-11-21(14-19)27-16-17(2)3/h6-11,13-14,17,23H,4-5,12,15-16H2,1-3H3,(H,24,25). The summed E-state index contributed by atoms with van der Waals surface area (Å²) in [5.41, 5.74) is 1.58. The lowest BCUT2D eigenvalue weighted by Crippen LogP contribution is -2.21. The van der Waals surface area contributed by atoms with Crippen LogP contribution in [0.1, 0.15) is 33.6 Å². The summed E-state index contributed by atoms with van der Waals surface area (Å²) in [6.45, 7) is 7.86. The van der Waals surface area contributed by atoms with Crippen molar-refractivity contribution in [3.8, 4) is 11.5 Å². The molecule has 0 unspecified atom stereocenters. The third-order valence-electron chi connectivity index (χ3n) is 3.75. The van der Waals surface area contributed by atoms with Crippen LogP contribution in [0.5, 0.6) is 11.5 Å². The van der Waals surface area contributed by atoms with Crippen LogP contribution in [-0.2, 0) is 4.79 Å². The Labute approximate surface area is 162 Å². The first-order valence-corrected chi connectivity index (χ1v) is 9.56. The molecule has 0 aromatic heterocycles. The molecular weight excluding hydrogens is 340 g/mol. The van der Waals surface area contributed by atoms with Crippen molar-refractivity contribution in [3.05, 3.63) is 48.5 Å². The van der Waals surface area contributed by atoms with Crippen LogP contribution in [0.4, 0.5) is 11.4 Å². The Hall–Kier alpha value is -2.69. The van der Waals surface area contributed by atoms with Gasteiger partial charge >= 0.3 is 0 Å². The number of unbranched alkanes of at least 4 members (excludes halogenated alkanes) is 1. The topological polar surface area (TPSA) is 59.6 Å². The minimum Gasteiger partial charge on any atom is -0.494 e. The van der Waals surface area contributed by atoms with E-state index in [4.69, 9.17) is 9.47 Å². The average molecular weight is 370 g/mol. The van der Waals surface area contributed by atoms with Crippen molar-refractivity contribution in [2.45, 2.75) is 33.6 Å². The summed E-state index contributed by atoms with van der Waals surface area (Å²) in [4.78, 5) is 12.2. The molecule has 5 nitrogen and oxygen atoms in total. The second-order valence-electron chi connectivity index (χ2n) is 6.86. The molecule has 0 aliphatic carbocycles. The van der Waals surface area contributed by atoms with E-state index in [2.05, 4.69) is 31.4 Å². The summed E-state index contributed by atoms with van der Waals surface area (Å²) in [7, 11) is 0. The zero-order valence-electron chi connectivity index (χ0n) is 16.5. The maximum atomic E-state index is 12.2. The summed E-state index contributed by atoms with van der Waals surface area (Å²) in [6, 6.07) is 15.1. The summed E-state index contributed by atoms with van der Waals surface area (Å²) < 4.78 is 11.4. The van der Waals surface area contributed by atoms with Crippen molar-refractivity contribution in [1.82, 2.24) is 0 Å². The van der Waals surface area contributed by atoms with E-state index in [0.29, 0.717) is 19.1 Å². The van der Waals surface area contributed by atoms with Crippen LogP contribution in [0, 0.1) is 5.92 Å². The van der Waals surface area contributed by atoms with Crippen LogP contribution in [-0.4, -0.2) is 25.7 Å². The van der Waals surface area contributed by atoms with Gasteiger partial charge in [-0.3, -0.25) is 4.79 Å². The lowest BCUT2D eigenvalue weighted by atomic mass is 10.2. The zero-order valence-corrected chi connectivity index (χ0v) is 16.5. The number of carbonyl (C=O) groups is 1. The molecular formula is C22H30N2O3. The molecule has 0 aliphatic rings. The molecule has 0 bridgehead atoms. The molecule has 0 radical (unpaired) electrons. The van der Waals surface area contributed by atoms with Gasteiger partial charge in [0.25, 0.3) is 0 Å². The minimum atomic E-state index is -0.117. The van der Waals surface area contributed by atoms with Gasteiger partial charge in [-0.25, -0.2) is 0 Å². The first-order valence-electron chi connectivity index (χ1n) is 9.56. The minimum absolute atomic E-state index is 0.117. The van der Waals surface area contributed by atoms with Crippen LogP contribution in [0.25, 0.3) is 0 Å². The van der Waals surface area contributed by atoms with Crippen molar-refractivity contribution in [3.63, 3.8) is 0 Å². The molecule has 2 rings (SSSR count). The highest BCUT2D eigenvalue weighted by Gasteiger charge is 2.05. The van der Waals surface area contributed by atoms with Crippen LogP contribution in [0.3, 0.4) is 0 Å². The van der Waals surface area contributed by atoms with Crippen LogP contribution in [0.2, 0.25) is 0 Å². The highest BCUT2D eigenvalue weighted by atomic mass is 16.5. The monoisotopic (exact) mass is 370 g/mol. The molecule has 0 saturated carbocycles. The molecule has 0 spiro atoms. The molecule has 0 saturated heterocycles. The van der Waals surface area contributed by atoms with Gasteiger partial charge in [0.2, 0.25) is 5.91 Å². The van der Waals surface area contributed by atoms with Gasteiger partial charge < -0.3 is 20.1 Å². The Balaban J connectivity index is 1.82. The zero-order chi connectivity index (χ0) is 19.5. The van der Waals surface area contributed by atoms with E-state index in [1.807, 2.05) is 48.5 Å². The van der Waals surface area contributed by atoms with E-state index >= 15 is 0 Å². The van der Waals surface area contributed by atoms with E-state index in [0.717, 1.165) is 35.7 Å². The fourth-order valence-electron chi connectivity index (χ4n) is 2.34. The third-order valence-corrected chi connectivity index (χ3v) is 3.75. The Bertz CT molecular complexity index is 716. The third kappa shape index (κ3) is 8.03. The molecule has 0 atom stereocenters. The fraction of sp³-hybridized carbons (Fsp3) is 0.409. The molecule has 2 aromatic rings. The fourth-order valence-corrected chi connectivity index (χ4v) is 2.34. The Morgan fingerprint density at radius 2 is 1.67 bits per heavy atom. The Morgan fingerprint density at radius 3 is 2.37 bits per heavy atom. The van der Waals surface area contributed by atoms with Crippen LogP contribution < -0.4 is 20.1 Å². The lowest BCUT2D eigenvalue weighted by Gasteiger charge is -2.12. The number of carbonyl (C=O) groups excluding carboxylic acids is 1. The first kappa shape index (κ1) is 20.6. The second-order valence-corrected chi connectivity index (χ2v) is 6.86. The molecule has 0 fully saturated rings. The second kappa shape index (κ2) is 11.1. The SMILES string of the molecule is CCCCOc1cccc(NCC(=O)Nc2cccc(OCC(C)C)c2)c1. The number of ether oxygens (including phenoxy) is 2. The van der Waals surface area contributed by atoms with E-state index in [1.54, 1.807) is 0 Å². The van der Waals surface area contributed by atoms with Crippen molar-refractivity contribution >= 4 is 17.3 Å². The quantitative estimate of drug-likeness (QED) is 0.549. The van der Waals surface area contributed by atoms with Crippen molar-refractivity contribution in [1.29, 1.82) is 0 Å². The number of anilines is 2. The average Bonchev–Trinajstić information content (AvgIpc) is 2.66. The Kier molecular flexibility index (Phi) is 8.49. The predicted octanol–water partition coefficient (Wildman–Crippen LogP) is 4.95. The van der Waals surface area contributed by atoms with Crippen molar-refractivity contribution in [2.75, 3.05) is 30.4 Å². The van der Waals surface area contributed by atoms with Gasteiger partial charge in [-0.15, -0.1) is 0 Å². The summed E-state index contributed by atoms with van der Waals surface area (Å²) in [6.07, 6.45) is 2.13. The summed E-state index contributed by atoms with van der Waals surface area (Å²) in [5.74, 6) is 1.90. The largest absolute Gasteiger partial charge is 0.494 e. The Morgan fingerprint density at radius 1 is 1.00 bits per heavy atom. The first-order chi connectivity index (χ1) is 13.1. The molecule has 2 aromatic carbocycles. The van der Waals surface area contributed by atoms with Crippen molar-refractivity contribution in [2.24, 2.45) is 5.92 Å². The number of benzene rings is 2.